The van der Waals surface area contributed by atoms with E-state index in [-0.39, 0.29) is 11.8 Å². The number of benzene rings is 1. The molecule has 1 fully saturated rings. The minimum absolute atomic E-state index is 0.165. The number of para-hydroxylation sites is 1. The van der Waals surface area contributed by atoms with Crippen molar-refractivity contribution in [2.24, 2.45) is 11.8 Å². The highest BCUT2D eigenvalue weighted by atomic mass is 16.4. The molecule has 2 rings (SSSR count). The van der Waals surface area contributed by atoms with E-state index in [9.17, 15) is 14.7 Å². The molecule has 108 valence electrons. The second-order valence-electron chi connectivity index (χ2n) is 5.30. The SMILES string of the molecule is CC(O)c1ccccc1NC(=O)[C@@H]1CC[C@H](C(=O)O)C1. The molecule has 5 heteroatoms. The topological polar surface area (TPSA) is 86.6 Å². The number of rotatable bonds is 4. The van der Waals surface area contributed by atoms with E-state index in [0.29, 0.717) is 30.5 Å². The Balaban J connectivity index is 2.04. The fraction of sp³-hybridized carbons (Fsp3) is 0.467. The molecule has 0 aliphatic heterocycles. The first kappa shape index (κ1) is 14.5. The third-order valence-electron chi connectivity index (χ3n) is 3.82. The fourth-order valence-electron chi connectivity index (χ4n) is 2.65. The Bertz CT molecular complexity index is 512. The summed E-state index contributed by atoms with van der Waals surface area (Å²) < 4.78 is 0. The van der Waals surface area contributed by atoms with Crippen LogP contribution in [0.4, 0.5) is 5.69 Å². The highest BCUT2D eigenvalue weighted by molar-refractivity contribution is 5.94. The van der Waals surface area contributed by atoms with E-state index in [0.717, 1.165) is 0 Å². The summed E-state index contributed by atoms with van der Waals surface area (Å²) >= 11 is 0. The molecule has 1 amide bonds. The molecule has 0 saturated heterocycles. The summed E-state index contributed by atoms with van der Waals surface area (Å²) in [4.78, 5) is 23.1. The monoisotopic (exact) mass is 277 g/mol. The number of carbonyl (C=O) groups excluding carboxylic acids is 1. The number of anilines is 1. The van der Waals surface area contributed by atoms with E-state index >= 15 is 0 Å². The second kappa shape index (κ2) is 6.05. The molecule has 1 saturated carbocycles. The van der Waals surface area contributed by atoms with E-state index in [1.807, 2.05) is 0 Å². The molecule has 1 aliphatic rings. The molecule has 0 aromatic heterocycles. The first-order chi connectivity index (χ1) is 9.49. The lowest BCUT2D eigenvalue weighted by Crippen LogP contribution is -2.22. The van der Waals surface area contributed by atoms with Crippen LogP contribution in [0.2, 0.25) is 0 Å². The fourth-order valence-corrected chi connectivity index (χ4v) is 2.65. The molecule has 0 heterocycles. The number of hydrogen-bond acceptors (Lipinski definition) is 3. The van der Waals surface area contributed by atoms with Crippen LogP contribution in [-0.4, -0.2) is 22.1 Å². The molecule has 0 spiro atoms. The van der Waals surface area contributed by atoms with Crippen molar-refractivity contribution in [1.82, 2.24) is 0 Å². The Kier molecular flexibility index (Phi) is 4.39. The Morgan fingerprint density at radius 1 is 1.25 bits per heavy atom. The molecule has 20 heavy (non-hydrogen) atoms. The Morgan fingerprint density at radius 2 is 1.90 bits per heavy atom. The van der Waals surface area contributed by atoms with Gasteiger partial charge in [0.2, 0.25) is 5.91 Å². The number of aliphatic hydroxyl groups is 1. The third-order valence-corrected chi connectivity index (χ3v) is 3.82. The zero-order valence-electron chi connectivity index (χ0n) is 11.4. The number of aliphatic carboxylic acids is 1. The normalized spacial score (nSPS) is 23.3. The number of amides is 1. The molecule has 1 aliphatic carbocycles. The lowest BCUT2D eigenvalue weighted by atomic mass is 10.0. The van der Waals surface area contributed by atoms with Crippen molar-refractivity contribution in [3.8, 4) is 0 Å². The zero-order chi connectivity index (χ0) is 14.7. The van der Waals surface area contributed by atoms with E-state index in [1.54, 1.807) is 31.2 Å². The number of carboxylic acid groups (broad SMARTS) is 1. The molecule has 1 unspecified atom stereocenters. The standard InChI is InChI=1S/C15H19NO4/c1-9(17)12-4-2-3-5-13(12)16-14(18)10-6-7-11(8-10)15(19)20/h2-5,9-11,17H,6-8H2,1H3,(H,16,18)(H,19,20)/t9?,10-,11+/m1/s1. The van der Waals surface area contributed by atoms with Gasteiger partial charge >= 0.3 is 5.97 Å². The number of nitrogens with one attached hydrogen (secondary N) is 1. The predicted molar refractivity (Wildman–Crippen MR) is 74.2 cm³/mol. The van der Waals surface area contributed by atoms with Crippen LogP contribution in [0.15, 0.2) is 24.3 Å². The Labute approximate surface area is 117 Å². The Morgan fingerprint density at radius 3 is 2.50 bits per heavy atom. The summed E-state index contributed by atoms with van der Waals surface area (Å²) in [6, 6.07) is 7.09. The largest absolute Gasteiger partial charge is 0.481 e. The van der Waals surface area contributed by atoms with E-state index in [2.05, 4.69) is 5.32 Å². The van der Waals surface area contributed by atoms with Gasteiger partial charge in [0.1, 0.15) is 0 Å². The molecule has 3 atom stereocenters. The lowest BCUT2D eigenvalue weighted by Gasteiger charge is -2.15. The van der Waals surface area contributed by atoms with Crippen LogP contribution >= 0.6 is 0 Å². The summed E-state index contributed by atoms with van der Waals surface area (Å²) in [6.07, 6.45) is 0.866. The molecule has 1 aromatic carbocycles. The predicted octanol–water partition coefficient (Wildman–Crippen LogP) is 2.18. The first-order valence-corrected chi connectivity index (χ1v) is 6.79. The molecular formula is C15H19NO4. The first-order valence-electron chi connectivity index (χ1n) is 6.79. The van der Waals surface area contributed by atoms with Gasteiger partial charge in [-0.25, -0.2) is 0 Å². The van der Waals surface area contributed by atoms with Crippen LogP contribution in [0.3, 0.4) is 0 Å². The van der Waals surface area contributed by atoms with Gasteiger partial charge in [-0.3, -0.25) is 9.59 Å². The van der Waals surface area contributed by atoms with Gasteiger partial charge in [0.15, 0.2) is 0 Å². The van der Waals surface area contributed by atoms with E-state index in [1.165, 1.54) is 0 Å². The van der Waals surface area contributed by atoms with Crippen molar-refractivity contribution >= 4 is 17.6 Å². The number of hydrogen-bond donors (Lipinski definition) is 3. The summed E-state index contributed by atoms with van der Waals surface area (Å²) in [5, 5.41) is 21.4. The molecular weight excluding hydrogens is 258 g/mol. The third kappa shape index (κ3) is 3.17. The van der Waals surface area contributed by atoms with Gasteiger partial charge in [0, 0.05) is 17.2 Å². The molecule has 1 aromatic rings. The van der Waals surface area contributed by atoms with Crippen LogP contribution in [0.1, 0.15) is 37.9 Å². The second-order valence-corrected chi connectivity index (χ2v) is 5.30. The van der Waals surface area contributed by atoms with Gasteiger partial charge in [-0.2, -0.15) is 0 Å². The summed E-state index contributed by atoms with van der Waals surface area (Å²) in [5.74, 6) is -1.68. The maximum atomic E-state index is 12.2. The van der Waals surface area contributed by atoms with Gasteiger partial charge in [-0.05, 0) is 32.3 Å². The summed E-state index contributed by atoms with van der Waals surface area (Å²) in [7, 11) is 0. The van der Waals surface area contributed by atoms with Crippen molar-refractivity contribution < 1.29 is 19.8 Å². The number of carboxylic acids is 1. The van der Waals surface area contributed by atoms with Crippen LogP contribution in [-0.2, 0) is 9.59 Å². The number of aliphatic hydroxyl groups excluding tert-OH is 1. The quantitative estimate of drug-likeness (QED) is 0.787. The zero-order valence-corrected chi connectivity index (χ0v) is 11.4. The summed E-state index contributed by atoms with van der Waals surface area (Å²) in [6.45, 7) is 1.64. The van der Waals surface area contributed by atoms with Crippen LogP contribution in [0.25, 0.3) is 0 Å². The highest BCUT2D eigenvalue weighted by Gasteiger charge is 2.34. The van der Waals surface area contributed by atoms with Crippen LogP contribution in [0.5, 0.6) is 0 Å². The van der Waals surface area contributed by atoms with Crippen molar-refractivity contribution in [3.63, 3.8) is 0 Å². The van der Waals surface area contributed by atoms with Crippen molar-refractivity contribution in [2.75, 3.05) is 5.32 Å². The minimum Gasteiger partial charge on any atom is -0.481 e. The van der Waals surface area contributed by atoms with Crippen molar-refractivity contribution in [3.05, 3.63) is 29.8 Å². The summed E-state index contributed by atoms with van der Waals surface area (Å²) in [5.41, 5.74) is 1.25. The molecule has 0 radical (unpaired) electrons. The highest BCUT2D eigenvalue weighted by Crippen LogP contribution is 2.32. The maximum absolute atomic E-state index is 12.2. The van der Waals surface area contributed by atoms with Gasteiger partial charge in [-0.15, -0.1) is 0 Å². The average molecular weight is 277 g/mol. The average Bonchev–Trinajstić information content (AvgIpc) is 2.89. The smallest absolute Gasteiger partial charge is 0.306 e. The van der Waals surface area contributed by atoms with Crippen molar-refractivity contribution in [2.45, 2.75) is 32.3 Å². The lowest BCUT2D eigenvalue weighted by molar-refractivity contribution is -0.141. The molecule has 0 bridgehead atoms. The van der Waals surface area contributed by atoms with Gasteiger partial charge < -0.3 is 15.5 Å². The maximum Gasteiger partial charge on any atom is 0.306 e. The molecule has 3 N–H and O–H groups in total. The molecule has 5 nitrogen and oxygen atoms in total. The van der Waals surface area contributed by atoms with E-state index in [4.69, 9.17) is 5.11 Å². The van der Waals surface area contributed by atoms with Gasteiger partial charge in [0.25, 0.3) is 0 Å². The van der Waals surface area contributed by atoms with Gasteiger partial charge in [0.05, 0.1) is 12.0 Å². The number of carbonyl (C=O) groups is 2. The Hall–Kier alpha value is -1.88. The van der Waals surface area contributed by atoms with Crippen LogP contribution in [0, 0.1) is 11.8 Å². The minimum atomic E-state index is -0.829. The van der Waals surface area contributed by atoms with E-state index < -0.39 is 18.0 Å². The van der Waals surface area contributed by atoms with Gasteiger partial charge in [-0.1, -0.05) is 18.2 Å². The van der Waals surface area contributed by atoms with Crippen molar-refractivity contribution in [1.29, 1.82) is 0 Å². The van der Waals surface area contributed by atoms with Crippen LogP contribution < -0.4 is 5.32 Å².